The highest BCUT2D eigenvalue weighted by atomic mass is 16.5. The molecule has 3 rings (SSSR count). The summed E-state index contributed by atoms with van der Waals surface area (Å²) in [5, 5.41) is 19.7. The predicted octanol–water partition coefficient (Wildman–Crippen LogP) is 1.79. The Morgan fingerprint density at radius 1 is 1.44 bits per heavy atom. The third-order valence-electron chi connectivity index (χ3n) is 4.05. The van der Waals surface area contributed by atoms with Crippen LogP contribution in [0.2, 0.25) is 0 Å². The molecule has 2 aliphatic rings. The number of hydrogen-bond donors (Lipinski definition) is 1. The molecule has 2 aliphatic heterocycles. The van der Waals surface area contributed by atoms with Gasteiger partial charge in [0.1, 0.15) is 11.8 Å². The molecule has 0 radical (unpaired) electrons. The molecule has 2 bridgehead atoms. The minimum atomic E-state index is -0.837. The van der Waals surface area contributed by atoms with Gasteiger partial charge in [-0.05, 0) is 31.4 Å². The summed E-state index contributed by atoms with van der Waals surface area (Å²) in [5.41, 5.74) is 1.23. The van der Waals surface area contributed by atoms with Gasteiger partial charge in [-0.15, -0.1) is 0 Å². The summed E-state index contributed by atoms with van der Waals surface area (Å²) < 4.78 is 5.76. The van der Waals surface area contributed by atoms with Crippen molar-refractivity contribution in [2.45, 2.75) is 50.4 Å². The van der Waals surface area contributed by atoms with Crippen molar-refractivity contribution in [3.05, 3.63) is 29.1 Å². The number of nitrogens with zero attached hydrogens (tertiary/aromatic N) is 2. The summed E-state index contributed by atoms with van der Waals surface area (Å²) in [4.78, 5) is 4.13. The molecule has 4 heteroatoms. The predicted molar refractivity (Wildman–Crippen MR) is 64.7 cm³/mol. The van der Waals surface area contributed by atoms with Crippen LogP contribution in [0.3, 0.4) is 0 Å². The summed E-state index contributed by atoms with van der Waals surface area (Å²) in [6, 6.07) is 3.94. The van der Waals surface area contributed by atoms with Gasteiger partial charge in [0.05, 0.1) is 17.8 Å². The smallest absolute Gasteiger partial charge is 0.143 e. The molecule has 2 unspecified atom stereocenters. The van der Waals surface area contributed by atoms with Gasteiger partial charge in [-0.2, -0.15) is 5.26 Å². The molecular formula is C14H16N2O2. The van der Waals surface area contributed by atoms with E-state index in [1.165, 1.54) is 0 Å². The average Bonchev–Trinajstić information content (AvgIpc) is 2.69. The highest BCUT2D eigenvalue weighted by Crippen LogP contribution is 2.43. The van der Waals surface area contributed by atoms with Crippen molar-refractivity contribution >= 4 is 0 Å². The lowest BCUT2D eigenvalue weighted by Gasteiger charge is -2.36. The molecule has 2 saturated heterocycles. The van der Waals surface area contributed by atoms with Crippen LogP contribution in [0, 0.1) is 18.3 Å². The number of nitriles is 1. The van der Waals surface area contributed by atoms with Gasteiger partial charge >= 0.3 is 0 Å². The Balaban J connectivity index is 1.94. The van der Waals surface area contributed by atoms with E-state index >= 15 is 0 Å². The van der Waals surface area contributed by atoms with Crippen molar-refractivity contribution < 1.29 is 9.84 Å². The number of aryl methyl sites for hydroxylation is 1. The molecule has 0 aliphatic carbocycles. The lowest BCUT2D eigenvalue weighted by Crippen LogP contribution is -2.38. The van der Waals surface area contributed by atoms with Crippen LogP contribution in [0.1, 0.15) is 42.5 Å². The Hall–Kier alpha value is -1.44. The second kappa shape index (κ2) is 4.04. The molecule has 1 aromatic heterocycles. The number of aliphatic hydroxyl groups is 1. The molecule has 2 atom stereocenters. The van der Waals surface area contributed by atoms with Crippen LogP contribution in [0.25, 0.3) is 0 Å². The Morgan fingerprint density at radius 2 is 2.11 bits per heavy atom. The third kappa shape index (κ3) is 1.80. The minimum absolute atomic E-state index is 0.171. The van der Waals surface area contributed by atoms with Gasteiger partial charge in [-0.25, -0.2) is 4.98 Å². The van der Waals surface area contributed by atoms with E-state index < -0.39 is 5.60 Å². The summed E-state index contributed by atoms with van der Waals surface area (Å²) in [7, 11) is 0. The molecule has 0 spiro atoms. The van der Waals surface area contributed by atoms with E-state index in [2.05, 4.69) is 11.1 Å². The van der Waals surface area contributed by atoms with Gasteiger partial charge < -0.3 is 9.84 Å². The van der Waals surface area contributed by atoms with Crippen molar-refractivity contribution in [2.24, 2.45) is 0 Å². The fraction of sp³-hybridized carbons (Fsp3) is 0.571. The quantitative estimate of drug-likeness (QED) is 0.818. The molecule has 0 aromatic carbocycles. The van der Waals surface area contributed by atoms with E-state index in [0.29, 0.717) is 18.5 Å². The Labute approximate surface area is 106 Å². The number of ether oxygens (including phenoxy) is 1. The second-order valence-electron chi connectivity index (χ2n) is 5.40. The standard InChI is InChI=1S/C14H16N2O2/c1-9-4-10(8-16-13(9)7-15)14(17)5-11-2-3-12(6-14)18-11/h4,8,11-12,17H,2-3,5-6H2,1H3. The molecule has 1 aromatic rings. The van der Waals surface area contributed by atoms with Crippen molar-refractivity contribution in [2.75, 3.05) is 0 Å². The summed E-state index contributed by atoms with van der Waals surface area (Å²) in [6.07, 6.45) is 5.32. The maximum Gasteiger partial charge on any atom is 0.143 e. The van der Waals surface area contributed by atoms with E-state index in [9.17, 15) is 5.11 Å². The molecule has 3 heterocycles. The van der Waals surface area contributed by atoms with E-state index in [1.807, 2.05) is 13.0 Å². The molecule has 1 N–H and O–H groups in total. The highest BCUT2D eigenvalue weighted by molar-refractivity contribution is 5.35. The number of aromatic nitrogens is 1. The summed E-state index contributed by atoms with van der Waals surface area (Å²) in [6.45, 7) is 1.85. The largest absolute Gasteiger partial charge is 0.385 e. The molecule has 2 fully saturated rings. The van der Waals surface area contributed by atoms with E-state index in [4.69, 9.17) is 10.00 Å². The Kier molecular flexibility index (Phi) is 2.61. The van der Waals surface area contributed by atoms with Crippen molar-refractivity contribution in [3.8, 4) is 6.07 Å². The van der Waals surface area contributed by atoms with Crippen LogP contribution in [0.4, 0.5) is 0 Å². The first kappa shape index (κ1) is 11.6. The lowest BCUT2D eigenvalue weighted by molar-refractivity contribution is -0.115. The van der Waals surface area contributed by atoms with Gasteiger partial charge in [0.2, 0.25) is 0 Å². The molecular weight excluding hydrogens is 228 g/mol. The second-order valence-corrected chi connectivity index (χ2v) is 5.40. The van der Waals surface area contributed by atoms with Gasteiger partial charge in [0.15, 0.2) is 0 Å². The lowest BCUT2D eigenvalue weighted by atomic mass is 9.84. The molecule has 0 amide bonds. The highest BCUT2D eigenvalue weighted by Gasteiger charge is 2.44. The zero-order valence-corrected chi connectivity index (χ0v) is 10.4. The zero-order chi connectivity index (χ0) is 12.8. The van der Waals surface area contributed by atoms with Crippen molar-refractivity contribution in [1.82, 2.24) is 4.98 Å². The Bertz CT molecular complexity index is 509. The van der Waals surface area contributed by atoms with Gasteiger partial charge in [-0.3, -0.25) is 0 Å². The monoisotopic (exact) mass is 244 g/mol. The number of pyridine rings is 1. The fourth-order valence-corrected chi connectivity index (χ4v) is 3.10. The van der Waals surface area contributed by atoms with Crippen LogP contribution in [-0.2, 0) is 10.3 Å². The molecule has 4 nitrogen and oxygen atoms in total. The van der Waals surface area contributed by atoms with Crippen LogP contribution < -0.4 is 0 Å². The van der Waals surface area contributed by atoms with Crippen LogP contribution in [-0.4, -0.2) is 22.3 Å². The first-order valence-corrected chi connectivity index (χ1v) is 6.36. The number of rotatable bonds is 1. The van der Waals surface area contributed by atoms with E-state index in [0.717, 1.165) is 24.0 Å². The summed E-state index contributed by atoms with van der Waals surface area (Å²) in [5.74, 6) is 0. The third-order valence-corrected chi connectivity index (χ3v) is 4.05. The maximum atomic E-state index is 10.8. The molecule has 0 saturated carbocycles. The first-order valence-electron chi connectivity index (χ1n) is 6.36. The normalized spacial score (nSPS) is 34.3. The van der Waals surface area contributed by atoms with Crippen LogP contribution in [0.15, 0.2) is 12.3 Å². The van der Waals surface area contributed by atoms with Gasteiger partial charge in [-0.1, -0.05) is 0 Å². The van der Waals surface area contributed by atoms with Gasteiger partial charge in [0.25, 0.3) is 0 Å². The van der Waals surface area contributed by atoms with Crippen molar-refractivity contribution in [1.29, 1.82) is 5.26 Å². The SMILES string of the molecule is Cc1cc(C2(O)CC3CCC(C2)O3)cnc1C#N. The fourth-order valence-electron chi connectivity index (χ4n) is 3.10. The van der Waals surface area contributed by atoms with Crippen LogP contribution in [0.5, 0.6) is 0 Å². The van der Waals surface area contributed by atoms with Crippen LogP contribution >= 0.6 is 0 Å². The Morgan fingerprint density at radius 3 is 2.67 bits per heavy atom. The maximum absolute atomic E-state index is 10.8. The molecule has 94 valence electrons. The first-order chi connectivity index (χ1) is 8.60. The molecule has 18 heavy (non-hydrogen) atoms. The van der Waals surface area contributed by atoms with E-state index in [-0.39, 0.29) is 12.2 Å². The zero-order valence-electron chi connectivity index (χ0n) is 10.4. The topological polar surface area (TPSA) is 66.1 Å². The number of fused-ring (bicyclic) bond motifs is 2. The minimum Gasteiger partial charge on any atom is -0.385 e. The van der Waals surface area contributed by atoms with Crippen molar-refractivity contribution in [3.63, 3.8) is 0 Å². The average molecular weight is 244 g/mol. The van der Waals surface area contributed by atoms with E-state index in [1.54, 1.807) is 6.20 Å². The summed E-state index contributed by atoms with van der Waals surface area (Å²) >= 11 is 0. The number of hydrogen-bond acceptors (Lipinski definition) is 4. The van der Waals surface area contributed by atoms with Gasteiger partial charge in [0, 0.05) is 24.6 Å².